The van der Waals surface area contributed by atoms with E-state index in [0.29, 0.717) is 17.4 Å². The molecule has 0 rings (SSSR count). The number of allylic oxidation sites excluding steroid dienone is 7. The van der Waals surface area contributed by atoms with Gasteiger partial charge in [0.15, 0.2) is 0 Å². The van der Waals surface area contributed by atoms with Crippen LogP contribution in [0.5, 0.6) is 0 Å². The third kappa shape index (κ3) is 68.2. The second-order valence-electron chi connectivity index (χ2n) is 27.1. The minimum Gasteiger partial charge on any atom is -0.756 e. The summed E-state index contributed by atoms with van der Waals surface area (Å²) in [4.78, 5) is 40.3. The molecule has 0 radical (unpaired) electrons. The fourth-order valence-electron chi connectivity index (χ4n) is 11.4. The Labute approximate surface area is 541 Å². The summed E-state index contributed by atoms with van der Waals surface area (Å²) >= 11 is 0. The molecule has 0 aliphatic carbocycles. The Kier molecular flexibility index (Phi) is 65.3. The summed E-state index contributed by atoms with van der Waals surface area (Å²) in [6, 6.07) is -0.889. The van der Waals surface area contributed by atoms with Gasteiger partial charge in [0.2, 0.25) is 5.91 Å². The van der Waals surface area contributed by atoms with Crippen molar-refractivity contribution in [2.45, 2.75) is 392 Å². The molecule has 1 amide bonds. The highest BCUT2D eigenvalue weighted by atomic mass is 31.2. The first-order valence-corrected chi connectivity index (χ1v) is 39.4. The number of nitrogens with zero attached hydrogens (tertiary/aromatic N) is 1. The van der Waals surface area contributed by atoms with Crippen LogP contribution in [0, 0.1) is 0 Å². The van der Waals surface area contributed by atoms with E-state index < -0.39 is 20.0 Å². The molecular weight excluding hydrogens is 1100 g/mol. The summed E-state index contributed by atoms with van der Waals surface area (Å²) in [5, 5.41) is 3.05. The topological polar surface area (TPSA) is 114 Å². The normalized spacial score (nSPS) is 13.7. The van der Waals surface area contributed by atoms with Crippen LogP contribution in [0.25, 0.3) is 0 Å². The largest absolute Gasteiger partial charge is 0.756 e. The quantitative estimate of drug-likeness (QED) is 0.0212. The maximum atomic E-state index is 13.6. The summed E-state index contributed by atoms with van der Waals surface area (Å²) in [6.45, 7) is 6.88. The molecule has 3 atom stereocenters. The van der Waals surface area contributed by atoms with E-state index in [2.05, 4.69) is 62.5 Å². The van der Waals surface area contributed by atoms with Crippen LogP contribution in [0.1, 0.15) is 380 Å². The molecule has 0 aromatic rings. The highest BCUT2D eigenvalue weighted by molar-refractivity contribution is 7.45. The Morgan fingerprint density at radius 2 is 0.701 bits per heavy atom. The minimum atomic E-state index is -4.71. The number of rotatable bonds is 70. The fourth-order valence-corrected chi connectivity index (χ4v) is 12.1. The molecule has 512 valence electrons. The first-order valence-electron chi connectivity index (χ1n) is 37.9. The first-order chi connectivity index (χ1) is 42.4. The van der Waals surface area contributed by atoms with Crippen molar-refractivity contribution in [3.8, 4) is 0 Å². The number of esters is 1. The van der Waals surface area contributed by atoms with Crippen LogP contribution < -0.4 is 10.2 Å². The summed E-state index contributed by atoms with van der Waals surface area (Å²) in [5.74, 6) is -0.524. The molecule has 0 saturated heterocycles. The van der Waals surface area contributed by atoms with Gasteiger partial charge in [0.25, 0.3) is 7.82 Å². The van der Waals surface area contributed by atoms with Crippen LogP contribution in [0.3, 0.4) is 0 Å². The van der Waals surface area contributed by atoms with Gasteiger partial charge < -0.3 is 28.5 Å². The van der Waals surface area contributed by atoms with Crippen LogP contribution in [0.15, 0.2) is 48.6 Å². The van der Waals surface area contributed by atoms with Crippen molar-refractivity contribution in [2.24, 2.45) is 0 Å². The Balaban J connectivity index is 4.99. The number of nitrogens with one attached hydrogen (secondary N) is 1. The SMILES string of the molecule is CCCCC/C=C\C/C=C\CCCCCCCCCCCCCC(=O)NC(COP(=O)([O-])OCC[N+](C)(C)C)C(/C=C\CCCCCCCCCCCCC)OC(=O)CCCCCCCCCCCCCCCCCCC/C=C/CCCCCCCC. The molecule has 0 aromatic carbocycles. The molecule has 0 aliphatic heterocycles. The average Bonchev–Trinajstić information content (AvgIpc) is 3.69. The van der Waals surface area contributed by atoms with Gasteiger partial charge in [-0.15, -0.1) is 0 Å². The van der Waals surface area contributed by atoms with E-state index in [0.717, 1.165) is 64.2 Å². The van der Waals surface area contributed by atoms with Crippen molar-refractivity contribution >= 4 is 19.7 Å². The van der Waals surface area contributed by atoms with Gasteiger partial charge in [-0.1, -0.05) is 327 Å². The number of unbranched alkanes of at least 4 members (excludes halogenated alkanes) is 48. The van der Waals surface area contributed by atoms with Gasteiger partial charge in [-0.2, -0.15) is 0 Å². The molecule has 0 saturated carbocycles. The molecule has 9 nitrogen and oxygen atoms in total. The van der Waals surface area contributed by atoms with Crippen molar-refractivity contribution in [3.63, 3.8) is 0 Å². The number of carbonyl (C=O) groups is 2. The Bertz CT molecular complexity index is 1620. The molecule has 3 unspecified atom stereocenters. The molecule has 0 fully saturated rings. The number of phosphoric ester groups is 1. The first kappa shape index (κ1) is 85.0. The van der Waals surface area contributed by atoms with Crippen LogP contribution in [0.4, 0.5) is 0 Å². The summed E-state index contributed by atoms with van der Waals surface area (Å²) < 4.78 is 30.5. The molecule has 0 aliphatic rings. The third-order valence-electron chi connectivity index (χ3n) is 17.2. The standard InChI is InChI=1S/C77H147N2O7P/c1-7-10-13-16-19-22-25-28-30-32-34-36-37-38-39-40-41-43-45-47-49-52-55-58-61-64-67-70-77(81)86-75(68-65-62-59-56-53-50-27-24-21-18-15-12-9-3)74(73-85-87(82,83)84-72-71-79(4,5)6)78-76(80)69-66-63-60-57-54-51-48-46-44-42-35-33-31-29-26-23-20-17-14-11-8-2/h20,23,28-31,65,68,74-75H,7-19,21-22,24-27,32-64,66-67,69-73H2,1-6H3,(H-,78,80,82,83)/b23-20-,30-28+,31-29-,68-65-. The van der Waals surface area contributed by atoms with Crippen molar-refractivity contribution in [3.05, 3.63) is 48.6 Å². The van der Waals surface area contributed by atoms with Crippen molar-refractivity contribution in [1.29, 1.82) is 0 Å². The molecule has 0 spiro atoms. The minimum absolute atomic E-state index is 0.0208. The van der Waals surface area contributed by atoms with Crippen molar-refractivity contribution < 1.29 is 37.3 Å². The number of carbonyl (C=O) groups excluding carboxylic acids is 2. The Hall–Kier alpha value is -2.03. The highest BCUT2D eigenvalue weighted by Crippen LogP contribution is 2.38. The van der Waals surface area contributed by atoms with Crippen LogP contribution in [0.2, 0.25) is 0 Å². The number of likely N-dealkylation sites (N-methyl/N-ethyl adjacent to an activating group) is 1. The number of quaternary nitrogens is 1. The van der Waals surface area contributed by atoms with Gasteiger partial charge in [-0.05, 0) is 89.5 Å². The highest BCUT2D eigenvalue weighted by Gasteiger charge is 2.27. The number of phosphoric acid groups is 1. The van der Waals surface area contributed by atoms with E-state index in [4.69, 9.17) is 13.8 Å². The summed E-state index contributed by atoms with van der Waals surface area (Å²) in [6.07, 6.45) is 85.3. The number of amides is 1. The zero-order valence-electron chi connectivity index (χ0n) is 58.7. The van der Waals surface area contributed by atoms with Gasteiger partial charge in [-0.25, -0.2) is 0 Å². The van der Waals surface area contributed by atoms with Crippen LogP contribution in [-0.4, -0.2) is 69.4 Å². The van der Waals surface area contributed by atoms with Crippen molar-refractivity contribution in [1.82, 2.24) is 5.32 Å². The van der Waals surface area contributed by atoms with E-state index in [1.54, 1.807) is 0 Å². The maximum absolute atomic E-state index is 13.6. The molecule has 0 aromatic heterocycles. The van der Waals surface area contributed by atoms with E-state index in [1.165, 1.54) is 283 Å². The Morgan fingerprint density at radius 1 is 0.402 bits per heavy atom. The molecular formula is C77H147N2O7P. The van der Waals surface area contributed by atoms with Crippen LogP contribution >= 0.6 is 7.82 Å². The molecule has 0 heterocycles. The van der Waals surface area contributed by atoms with Gasteiger partial charge in [0, 0.05) is 12.8 Å². The van der Waals surface area contributed by atoms with E-state index in [-0.39, 0.29) is 31.5 Å². The number of ether oxygens (including phenoxy) is 1. The maximum Gasteiger partial charge on any atom is 0.306 e. The van der Waals surface area contributed by atoms with E-state index in [1.807, 2.05) is 33.3 Å². The lowest BCUT2D eigenvalue weighted by Crippen LogP contribution is -2.47. The predicted octanol–water partition coefficient (Wildman–Crippen LogP) is 23.7. The van der Waals surface area contributed by atoms with Gasteiger partial charge in [0.05, 0.1) is 33.8 Å². The lowest BCUT2D eigenvalue weighted by molar-refractivity contribution is -0.870. The van der Waals surface area contributed by atoms with E-state index in [9.17, 15) is 19.0 Å². The molecule has 10 heteroatoms. The second kappa shape index (κ2) is 66.9. The molecule has 1 N–H and O–H groups in total. The molecule has 87 heavy (non-hydrogen) atoms. The fraction of sp³-hybridized carbons (Fsp3) is 0.870. The smallest absolute Gasteiger partial charge is 0.306 e. The zero-order valence-corrected chi connectivity index (χ0v) is 59.6. The van der Waals surface area contributed by atoms with Crippen molar-refractivity contribution in [2.75, 3.05) is 40.9 Å². The summed E-state index contributed by atoms with van der Waals surface area (Å²) in [5.41, 5.74) is 0. The lowest BCUT2D eigenvalue weighted by atomic mass is 10.0. The number of hydrogen-bond donors (Lipinski definition) is 1. The van der Waals surface area contributed by atoms with Gasteiger partial charge in [-0.3, -0.25) is 14.2 Å². The monoisotopic (exact) mass is 1240 g/mol. The second-order valence-corrected chi connectivity index (χ2v) is 28.6. The van der Waals surface area contributed by atoms with Gasteiger partial charge >= 0.3 is 5.97 Å². The molecule has 0 bridgehead atoms. The number of hydrogen-bond acceptors (Lipinski definition) is 7. The van der Waals surface area contributed by atoms with E-state index >= 15 is 0 Å². The zero-order chi connectivity index (χ0) is 63.5. The average molecular weight is 1240 g/mol. The van der Waals surface area contributed by atoms with Gasteiger partial charge in [0.1, 0.15) is 19.3 Å². The predicted molar refractivity (Wildman–Crippen MR) is 376 cm³/mol. The third-order valence-corrected chi connectivity index (χ3v) is 18.2. The van der Waals surface area contributed by atoms with Crippen LogP contribution in [-0.2, 0) is 27.9 Å². The lowest BCUT2D eigenvalue weighted by Gasteiger charge is -2.30. The Morgan fingerprint density at radius 3 is 1.07 bits per heavy atom. The summed E-state index contributed by atoms with van der Waals surface area (Å²) in [7, 11) is 1.20.